The van der Waals surface area contributed by atoms with E-state index in [-0.39, 0.29) is 51.8 Å². The Morgan fingerprint density at radius 2 is 1.89 bits per heavy atom. The van der Waals surface area contributed by atoms with Gasteiger partial charge in [0, 0.05) is 24.3 Å². The minimum Gasteiger partial charge on any atom is -0.389 e. The molecule has 1 amide bonds. The maximum atomic E-state index is 12.4. The van der Waals surface area contributed by atoms with Crippen LogP contribution in [-0.4, -0.2) is 76.0 Å². The Hall–Kier alpha value is -0.770. The van der Waals surface area contributed by atoms with E-state index in [9.17, 15) is 20.1 Å². The number of hydrogen-bond acceptors (Lipinski definition) is 7. The fraction of sp³-hybridized carbons (Fsp3) is 0.892. The Bertz CT molecular complexity index is 1190. The number of amides is 1. The van der Waals surface area contributed by atoms with Crippen LogP contribution in [-0.2, 0) is 19.0 Å². The van der Waals surface area contributed by atoms with Gasteiger partial charge in [-0.15, -0.1) is 0 Å². The number of carbonyl (C=O) groups is 1. The molecule has 8 nitrogen and oxygen atoms in total. The van der Waals surface area contributed by atoms with Crippen molar-refractivity contribution in [2.24, 2.45) is 44.8 Å². The van der Waals surface area contributed by atoms with Gasteiger partial charge in [0.25, 0.3) is 0 Å². The number of aliphatic hydroxyl groups excluding tert-OH is 2. The lowest BCUT2D eigenvalue weighted by Gasteiger charge is -2.63. The highest BCUT2D eigenvalue weighted by Gasteiger charge is 2.85. The molecule has 11 atom stereocenters. The van der Waals surface area contributed by atoms with Crippen LogP contribution < -0.4 is 0 Å². The first-order valence-corrected chi connectivity index (χ1v) is 17.9. The number of nitrogens with zero attached hydrogens (tertiary/aromatic N) is 1. The lowest BCUT2D eigenvalue weighted by molar-refractivity contribution is -0.242. The molecule has 5 saturated carbocycles. The van der Waals surface area contributed by atoms with Crippen LogP contribution in [0.25, 0.3) is 0 Å². The minimum absolute atomic E-state index is 0.0267. The van der Waals surface area contributed by atoms with Crippen molar-refractivity contribution in [2.45, 2.75) is 143 Å². The highest BCUT2D eigenvalue weighted by atomic mass is 16.7. The van der Waals surface area contributed by atoms with Crippen LogP contribution in [0, 0.1) is 63.0 Å². The summed E-state index contributed by atoms with van der Waals surface area (Å²) in [6, 6.07) is 0. The maximum Gasteiger partial charge on any atom is 0.222 e. The zero-order valence-electron chi connectivity index (χ0n) is 28.9. The first kappa shape index (κ1) is 32.8. The minimum atomic E-state index is -1.31. The molecule has 3 N–H and O–H groups in total. The molecule has 2 heterocycles. The zero-order chi connectivity index (χ0) is 32.5. The number of hydrogen-bond donors (Lipinski definition) is 3. The van der Waals surface area contributed by atoms with Gasteiger partial charge in [0.05, 0.1) is 31.0 Å². The van der Waals surface area contributed by atoms with Crippen LogP contribution in [0.15, 0.2) is 0 Å². The van der Waals surface area contributed by atoms with E-state index < -0.39 is 23.2 Å². The number of morpholine rings is 1. The molecule has 7 fully saturated rings. The fourth-order valence-electron chi connectivity index (χ4n) is 12.6. The Balaban J connectivity index is 1.12. The summed E-state index contributed by atoms with van der Waals surface area (Å²) in [4.78, 5) is 14.3. The molecule has 7 aliphatic rings. The van der Waals surface area contributed by atoms with Crippen molar-refractivity contribution in [3.63, 3.8) is 0 Å². The van der Waals surface area contributed by atoms with Gasteiger partial charge >= 0.3 is 0 Å². The first-order valence-electron chi connectivity index (χ1n) is 17.9. The Morgan fingerprint density at radius 1 is 1.16 bits per heavy atom. The van der Waals surface area contributed by atoms with Crippen LogP contribution in [0.4, 0.5) is 0 Å². The molecule has 2 aliphatic heterocycles. The van der Waals surface area contributed by atoms with Crippen molar-refractivity contribution in [1.82, 2.24) is 4.90 Å². The summed E-state index contributed by atoms with van der Waals surface area (Å²) in [5.74, 6) is 2.59. The molecular weight excluding hydrogens is 570 g/mol. The van der Waals surface area contributed by atoms with Crippen molar-refractivity contribution in [2.75, 3.05) is 19.7 Å². The van der Waals surface area contributed by atoms with E-state index in [1.165, 1.54) is 12.8 Å². The molecule has 5 aliphatic carbocycles. The van der Waals surface area contributed by atoms with Crippen LogP contribution in [0.2, 0.25) is 0 Å². The molecule has 2 saturated heterocycles. The largest absolute Gasteiger partial charge is 0.389 e. The smallest absolute Gasteiger partial charge is 0.222 e. The average Bonchev–Trinajstić information content (AvgIpc) is 3.62. The standard InChI is InChI=1S/C37H58NO7/c1-9-26(39)38-16-17-43-27(19-38)45-25-12-13-36-20-37(36)15-14-34(7)28-21(2)18-22(30(40)33(5,6)42)44-29(28)31(41)35(34,8)24(37)11-10-23(36)32(25,3)4/h21,23,25,27-28,30-31,40-42H,9-20H2,1-8H3/t21-,23+,25?,27+,28+,30+,31+,34-,35-,36-,37+/m1/s1. The van der Waals surface area contributed by atoms with Gasteiger partial charge in [-0.25, -0.2) is 0 Å². The number of ether oxygens (including phenoxy) is 3. The zero-order valence-corrected chi connectivity index (χ0v) is 28.9. The molecular formula is C37H58NO7. The third kappa shape index (κ3) is 4.27. The average molecular weight is 629 g/mol. The van der Waals surface area contributed by atoms with Gasteiger partial charge in [-0.3, -0.25) is 4.79 Å². The molecule has 0 aromatic rings. The Morgan fingerprint density at radius 3 is 2.58 bits per heavy atom. The van der Waals surface area contributed by atoms with Gasteiger partial charge < -0.3 is 34.4 Å². The summed E-state index contributed by atoms with van der Waals surface area (Å²) < 4.78 is 19.3. The van der Waals surface area contributed by atoms with Crippen LogP contribution in [0.1, 0.15) is 113 Å². The van der Waals surface area contributed by atoms with Gasteiger partial charge in [-0.1, -0.05) is 41.5 Å². The quantitative estimate of drug-likeness (QED) is 0.384. The molecule has 8 heteroatoms. The van der Waals surface area contributed by atoms with Gasteiger partial charge in [0.2, 0.25) is 5.91 Å². The fourth-order valence-corrected chi connectivity index (χ4v) is 12.6. The second-order valence-electron chi connectivity index (χ2n) is 17.7. The van der Waals surface area contributed by atoms with E-state index in [4.69, 9.17) is 14.2 Å². The topological polar surface area (TPSA) is 109 Å². The summed E-state index contributed by atoms with van der Waals surface area (Å²) >= 11 is 0. The molecule has 1 unspecified atom stereocenters. The van der Waals surface area contributed by atoms with Crippen molar-refractivity contribution in [3.8, 4) is 0 Å². The highest BCUT2D eigenvalue weighted by Crippen LogP contribution is 2.90. The van der Waals surface area contributed by atoms with Gasteiger partial charge in [-0.05, 0) is 105 Å². The normalized spacial score (nSPS) is 48.9. The van der Waals surface area contributed by atoms with Gasteiger partial charge in [0.1, 0.15) is 18.3 Å². The second kappa shape index (κ2) is 10.4. The van der Waals surface area contributed by atoms with Gasteiger partial charge in [0.15, 0.2) is 6.29 Å². The number of fused-ring (bicyclic) bond motifs is 4. The molecule has 2 spiro atoms. The lowest BCUT2D eigenvalue weighted by Crippen LogP contribution is -2.59. The highest BCUT2D eigenvalue weighted by molar-refractivity contribution is 5.75. The third-order valence-electron chi connectivity index (χ3n) is 15.0. The first-order chi connectivity index (χ1) is 21.0. The van der Waals surface area contributed by atoms with Crippen LogP contribution in [0.3, 0.4) is 0 Å². The van der Waals surface area contributed by atoms with E-state index in [0.717, 1.165) is 38.2 Å². The van der Waals surface area contributed by atoms with Crippen molar-refractivity contribution in [3.05, 3.63) is 18.1 Å². The third-order valence-corrected chi connectivity index (χ3v) is 15.0. The molecule has 45 heavy (non-hydrogen) atoms. The van der Waals surface area contributed by atoms with E-state index in [1.807, 2.05) is 11.8 Å². The molecule has 0 bridgehead atoms. The SMILES string of the molecule is CCC(=O)N1CCO[C@@H](OC2CC[C@]34C[C@]35CC[C@]3(C)[C@@H]6[C](O[C]([C@H](O)C(C)(C)O)C[C@H]6C)[C@H](O)[C@@]3(C)[C]5CC[C@H]4C2(C)C)C1. The summed E-state index contributed by atoms with van der Waals surface area (Å²) in [6.07, 6.45) is 7.86. The van der Waals surface area contributed by atoms with Crippen molar-refractivity contribution < 1.29 is 34.3 Å². The number of carbonyl (C=O) groups excluding carboxylic acids is 1. The monoisotopic (exact) mass is 628 g/mol. The van der Waals surface area contributed by atoms with Crippen molar-refractivity contribution in [1.29, 1.82) is 0 Å². The molecule has 253 valence electrons. The predicted molar refractivity (Wildman–Crippen MR) is 169 cm³/mol. The van der Waals surface area contributed by atoms with E-state index in [2.05, 4.69) is 34.6 Å². The molecule has 7 rings (SSSR count). The Labute approximate surface area is 270 Å². The van der Waals surface area contributed by atoms with E-state index in [1.54, 1.807) is 19.8 Å². The van der Waals surface area contributed by atoms with Gasteiger partial charge in [-0.2, -0.15) is 0 Å². The Kier molecular flexibility index (Phi) is 7.55. The van der Waals surface area contributed by atoms with E-state index >= 15 is 0 Å². The van der Waals surface area contributed by atoms with Crippen LogP contribution in [0.5, 0.6) is 0 Å². The molecule has 0 aromatic carbocycles. The van der Waals surface area contributed by atoms with Crippen LogP contribution >= 0.6 is 0 Å². The lowest BCUT2D eigenvalue weighted by atomic mass is 9.41. The summed E-state index contributed by atoms with van der Waals surface area (Å²) in [6.45, 7) is 18.6. The summed E-state index contributed by atoms with van der Waals surface area (Å²) in [5, 5.41) is 33.9. The summed E-state index contributed by atoms with van der Waals surface area (Å²) in [7, 11) is 0. The van der Waals surface area contributed by atoms with Crippen molar-refractivity contribution >= 4 is 5.91 Å². The van der Waals surface area contributed by atoms with E-state index in [0.29, 0.717) is 44.6 Å². The maximum absolute atomic E-state index is 12.4. The number of rotatable bonds is 5. The molecule has 0 aromatic heterocycles. The second-order valence-corrected chi connectivity index (χ2v) is 17.7. The number of aliphatic hydroxyl groups is 3. The summed E-state index contributed by atoms with van der Waals surface area (Å²) in [5.41, 5.74) is -1.47. The predicted octanol–water partition coefficient (Wildman–Crippen LogP) is 5.20. The molecule has 3 radical (unpaired) electrons.